The Balaban J connectivity index is 2.93. The van der Waals surface area contributed by atoms with Gasteiger partial charge in [-0.05, 0) is 5.16 Å². The van der Waals surface area contributed by atoms with Crippen LogP contribution in [0.2, 0.25) is 0 Å². The van der Waals surface area contributed by atoms with Crippen molar-refractivity contribution in [3.63, 3.8) is 0 Å². The first-order valence-electron chi connectivity index (χ1n) is 3.14. The molecule has 0 amide bonds. The maximum Gasteiger partial charge on any atom is 0.352 e. The topological polar surface area (TPSA) is 68.1 Å². The minimum atomic E-state index is -1.13. The highest BCUT2D eigenvalue weighted by Gasteiger charge is 2.37. The van der Waals surface area contributed by atoms with E-state index in [1.54, 1.807) is 0 Å². The van der Waals surface area contributed by atoms with Gasteiger partial charge in [-0.3, -0.25) is 0 Å². The minimum absolute atomic E-state index is 0.0543. The van der Waals surface area contributed by atoms with Gasteiger partial charge >= 0.3 is 5.97 Å². The van der Waals surface area contributed by atoms with Crippen LogP contribution in [0.4, 0.5) is 0 Å². The largest absolute Gasteiger partial charge is 0.466 e. The summed E-state index contributed by atoms with van der Waals surface area (Å²) in [5.41, 5.74) is 0. The Morgan fingerprint density at radius 3 is 2.69 bits per heavy atom. The first-order chi connectivity index (χ1) is 6.11. The van der Waals surface area contributed by atoms with Crippen LogP contribution >= 0.6 is 23.2 Å². The Morgan fingerprint density at radius 1 is 1.69 bits per heavy atom. The zero-order valence-electron chi connectivity index (χ0n) is 6.45. The van der Waals surface area contributed by atoms with E-state index in [0.29, 0.717) is 0 Å². The number of rotatable bonds is 1. The molecule has 0 aromatic heterocycles. The van der Waals surface area contributed by atoms with Gasteiger partial charge in [0.2, 0.25) is 6.10 Å². The van der Waals surface area contributed by atoms with Crippen molar-refractivity contribution in [1.29, 1.82) is 0 Å². The number of ether oxygens (including phenoxy) is 2. The van der Waals surface area contributed by atoms with Gasteiger partial charge in [0.05, 0.1) is 12.1 Å². The number of methoxy groups -OCH3 is 1. The summed E-state index contributed by atoms with van der Waals surface area (Å²) in [7, 11) is 1.18. The molecule has 1 atom stereocenters. The molecule has 0 saturated carbocycles. The van der Waals surface area contributed by atoms with E-state index in [4.69, 9.17) is 33.1 Å². The molecule has 7 heteroatoms. The summed E-state index contributed by atoms with van der Waals surface area (Å²) in [6.07, 6.45) is -1.13. The van der Waals surface area contributed by atoms with Gasteiger partial charge in [0.1, 0.15) is 5.03 Å². The van der Waals surface area contributed by atoms with Crippen molar-refractivity contribution in [2.45, 2.75) is 6.10 Å². The van der Waals surface area contributed by atoms with Crippen LogP contribution in [-0.4, -0.2) is 30.3 Å². The lowest BCUT2D eigenvalue weighted by atomic mass is 10.3. The molecule has 1 aliphatic heterocycles. The highest BCUT2D eigenvalue weighted by Crippen LogP contribution is 2.29. The summed E-state index contributed by atoms with van der Waals surface area (Å²) in [6, 6.07) is 0. The molecule has 0 saturated heterocycles. The molecule has 1 heterocycles. The molecular weight excluding hydrogens is 221 g/mol. The molecule has 1 N–H and O–H groups in total. The molecule has 0 aromatic rings. The summed E-state index contributed by atoms with van der Waals surface area (Å²) >= 11 is 11.2. The standard InChI is InChI=1S/C6H5Cl2NO4/c1-12-6(10)4-2(7)3(8)5(9-11)13-4/h4,11H,1H3/b9-5-. The number of oxime groups is 1. The average Bonchev–Trinajstić information content (AvgIpc) is 2.43. The number of hydrogen-bond donors (Lipinski definition) is 1. The van der Waals surface area contributed by atoms with Crippen LogP contribution in [0.5, 0.6) is 0 Å². The van der Waals surface area contributed by atoms with E-state index in [9.17, 15) is 4.79 Å². The van der Waals surface area contributed by atoms with E-state index >= 15 is 0 Å². The molecule has 0 aromatic carbocycles. The van der Waals surface area contributed by atoms with Crippen LogP contribution in [-0.2, 0) is 14.3 Å². The molecule has 13 heavy (non-hydrogen) atoms. The third-order valence-electron chi connectivity index (χ3n) is 1.36. The zero-order valence-corrected chi connectivity index (χ0v) is 7.96. The molecule has 0 spiro atoms. The van der Waals surface area contributed by atoms with Gasteiger partial charge < -0.3 is 14.7 Å². The Morgan fingerprint density at radius 2 is 2.31 bits per heavy atom. The second-order valence-corrected chi connectivity index (χ2v) is 2.87. The Labute approximate surface area is 83.5 Å². The lowest BCUT2D eigenvalue weighted by Gasteiger charge is -2.06. The van der Waals surface area contributed by atoms with Gasteiger partial charge in [-0.25, -0.2) is 4.79 Å². The van der Waals surface area contributed by atoms with Gasteiger partial charge in [0.25, 0.3) is 5.90 Å². The molecule has 5 nitrogen and oxygen atoms in total. The summed E-state index contributed by atoms with van der Waals surface area (Å²) < 4.78 is 9.14. The molecule has 0 aliphatic carbocycles. The fourth-order valence-electron chi connectivity index (χ4n) is 0.758. The van der Waals surface area contributed by atoms with Crippen LogP contribution in [0.1, 0.15) is 0 Å². The maximum atomic E-state index is 11.0. The van der Waals surface area contributed by atoms with Crippen molar-refractivity contribution < 1.29 is 19.5 Å². The maximum absolute atomic E-state index is 11.0. The van der Waals surface area contributed by atoms with Crippen molar-refractivity contribution in [3.8, 4) is 0 Å². The summed E-state index contributed by atoms with van der Waals surface area (Å²) in [4.78, 5) is 11.0. The highest BCUT2D eigenvalue weighted by molar-refractivity contribution is 6.50. The minimum Gasteiger partial charge on any atom is -0.466 e. The molecular formula is C6H5Cl2NO4. The third-order valence-corrected chi connectivity index (χ3v) is 2.21. The fourth-order valence-corrected chi connectivity index (χ4v) is 1.15. The molecule has 72 valence electrons. The molecule has 0 bridgehead atoms. The summed E-state index contributed by atoms with van der Waals surface area (Å²) in [5.74, 6) is -0.996. The normalized spacial score (nSPS) is 24.8. The van der Waals surface area contributed by atoms with Crippen molar-refractivity contribution >= 4 is 35.1 Å². The van der Waals surface area contributed by atoms with Gasteiger partial charge in [0.15, 0.2) is 0 Å². The van der Waals surface area contributed by atoms with E-state index in [-0.39, 0.29) is 16.0 Å². The first-order valence-corrected chi connectivity index (χ1v) is 3.89. The first kappa shape index (κ1) is 10.1. The Hall–Kier alpha value is -0.940. The van der Waals surface area contributed by atoms with Crippen molar-refractivity contribution in [1.82, 2.24) is 0 Å². The van der Waals surface area contributed by atoms with Crippen LogP contribution in [0.25, 0.3) is 0 Å². The smallest absolute Gasteiger partial charge is 0.352 e. The zero-order chi connectivity index (χ0) is 10.0. The van der Waals surface area contributed by atoms with Crippen molar-refractivity contribution in [2.24, 2.45) is 5.16 Å². The van der Waals surface area contributed by atoms with Gasteiger partial charge in [-0.15, -0.1) is 0 Å². The van der Waals surface area contributed by atoms with E-state index in [1.165, 1.54) is 7.11 Å². The molecule has 1 rings (SSSR count). The van der Waals surface area contributed by atoms with Gasteiger partial charge in [0, 0.05) is 0 Å². The molecule has 1 aliphatic rings. The van der Waals surface area contributed by atoms with E-state index in [0.717, 1.165) is 0 Å². The predicted molar refractivity (Wildman–Crippen MR) is 44.8 cm³/mol. The predicted octanol–water partition coefficient (Wildman–Crippen LogP) is 1.04. The lowest BCUT2D eigenvalue weighted by Crippen LogP contribution is -2.23. The van der Waals surface area contributed by atoms with E-state index in [1.807, 2.05) is 0 Å². The molecule has 1 unspecified atom stereocenters. The number of carbonyl (C=O) groups is 1. The fraction of sp³-hybridized carbons (Fsp3) is 0.333. The van der Waals surface area contributed by atoms with Crippen LogP contribution < -0.4 is 0 Å². The van der Waals surface area contributed by atoms with Crippen LogP contribution in [0, 0.1) is 0 Å². The molecule has 0 fully saturated rings. The van der Waals surface area contributed by atoms with Crippen LogP contribution in [0.3, 0.4) is 0 Å². The number of nitrogens with zero attached hydrogens (tertiary/aromatic N) is 1. The third kappa shape index (κ3) is 1.71. The lowest BCUT2D eigenvalue weighted by molar-refractivity contribution is -0.146. The Kier molecular flexibility index (Phi) is 3.00. The second kappa shape index (κ2) is 3.85. The highest BCUT2D eigenvalue weighted by atomic mass is 35.5. The molecule has 0 radical (unpaired) electrons. The average molecular weight is 226 g/mol. The van der Waals surface area contributed by atoms with Gasteiger partial charge in [-0.2, -0.15) is 0 Å². The summed E-state index contributed by atoms with van der Waals surface area (Å²) in [5, 5.41) is 10.9. The SMILES string of the molecule is COC(=O)C1O/C(=N\O)C(Cl)=C1Cl. The van der Waals surface area contributed by atoms with E-state index < -0.39 is 12.1 Å². The number of esters is 1. The number of halogens is 2. The number of hydrogen-bond acceptors (Lipinski definition) is 5. The number of carbonyl (C=O) groups excluding carboxylic acids is 1. The Bertz CT molecular complexity index is 299. The van der Waals surface area contributed by atoms with Crippen LogP contribution in [0.15, 0.2) is 15.2 Å². The van der Waals surface area contributed by atoms with Crippen molar-refractivity contribution in [3.05, 3.63) is 10.1 Å². The van der Waals surface area contributed by atoms with Crippen molar-refractivity contribution in [2.75, 3.05) is 7.11 Å². The quantitative estimate of drug-likeness (QED) is 0.412. The van der Waals surface area contributed by atoms with E-state index in [2.05, 4.69) is 9.89 Å². The second-order valence-electron chi connectivity index (χ2n) is 2.09. The summed E-state index contributed by atoms with van der Waals surface area (Å²) in [6.45, 7) is 0. The van der Waals surface area contributed by atoms with Gasteiger partial charge in [-0.1, -0.05) is 23.2 Å². The monoisotopic (exact) mass is 225 g/mol.